The number of nitrogens with one attached hydrogen (secondary N) is 1. The summed E-state index contributed by atoms with van der Waals surface area (Å²) in [4.78, 5) is 24.5. The first-order valence-electron chi connectivity index (χ1n) is 11.7. The second-order valence-electron chi connectivity index (χ2n) is 9.15. The highest BCUT2D eigenvalue weighted by Crippen LogP contribution is 2.37. The van der Waals surface area contributed by atoms with Crippen LogP contribution in [0, 0.1) is 5.92 Å². The molecule has 2 N–H and O–H groups in total. The molecule has 0 aromatic heterocycles. The summed E-state index contributed by atoms with van der Waals surface area (Å²) in [5.74, 6) is 0.830. The van der Waals surface area contributed by atoms with Gasteiger partial charge in [-0.3, -0.25) is 9.59 Å². The van der Waals surface area contributed by atoms with Crippen molar-refractivity contribution in [2.24, 2.45) is 5.92 Å². The lowest BCUT2D eigenvalue weighted by Crippen LogP contribution is -2.36. The van der Waals surface area contributed by atoms with E-state index in [0.717, 1.165) is 37.8 Å². The van der Waals surface area contributed by atoms with Gasteiger partial charge in [-0.25, -0.2) is 0 Å². The van der Waals surface area contributed by atoms with Crippen molar-refractivity contribution in [1.29, 1.82) is 0 Å². The Kier molecular flexibility index (Phi) is 8.52. The normalized spacial score (nSPS) is 23.6. The van der Waals surface area contributed by atoms with Crippen LogP contribution in [-0.2, 0) is 11.2 Å². The van der Waals surface area contributed by atoms with Gasteiger partial charge >= 0.3 is 7.12 Å². The van der Waals surface area contributed by atoms with Gasteiger partial charge in [0.25, 0.3) is 0 Å². The van der Waals surface area contributed by atoms with Crippen LogP contribution in [0.5, 0.6) is 5.75 Å². The number of carbonyl (C=O) groups is 2. The molecule has 5 nitrogen and oxygen atoms in total. The Balaban J connectivity index is 1.45. The van der Waals surface area contributed by atoms with E-state index in [2.05, 4.69) is 12.2 Å². The summed E-state index contributed by atoms with van der Waals surface area (Å²) >= 11 is 0. The van der Waals surface area contributed by atoms with Gasteiger partial charge in [0, 0.05) is 24.7 Å². The fourth-order valence-corrected chi connectivity index (χ4v) is 4.88. The first kappa shape index (κ1) is 23.0. The molecule has 0 saturated heterocycles. The number of rotatable bonds is 10. The molecule has 6 heteroatoms. The summed E-state index contributed by atoms with van der Waals surface area (Å²) in [7, 11) is -1.04. The van der Waals surface area contributed by atoms with Crippen molar-refractivity contribution in [2.45, 2.75) is 89.9 Å². The van der Waals surface area contributed by atoms with Crippen LogP contribution in [-0.4, -0.2) is 36.3 Å². The number of Topliss-reactive ketones (excluding diaryl/α,β-unsaturated/α-hetero) is 2. The molecule has 1 aliphatic heterocycles. The monoisotopic (exact) mass is 413 g/mol. The molecule has 1 heterocycles. The lowest BCUT2D eigenvalue weighted by molar-refractivity contribution is -0.120. The average molecular weight is 413 g/mol. The van der Waals surface area contributed by atoms with Crippen molar-refractivity contribution in [3.8, 4) is 5.75 Å². The second kappa shape index (κ2) is 11.1. The highest BCUT2D eigenvalue weighted by molar-refractivity contribution is 6.47. The summed E-state index contributed by atoms with van der Waals surface area (Å²) in [6.07, 6.45) is 9.80. The maximum atomic E-state index is 12.7. The summed E-state index contributed by atoms with van der Waals surface area (Å²) in [6.45, 7) is 4.83. The summed E-state index contributed by atoms with van der Waals surface area (Å²) < 4.78 is 5.67. The summed E-state index contributed by atoms with van der Waals surface area (Å²) in [5, 5.41) is 14.1. The number of para-hydroxylation sites is 1. The third-order valence-corrected chi connectivity index (χ3v) is 6.67. The maximum absolute atomic E-state index is 12.7. The number of fused-ring (bicyclic) bond motifs is 1. The van der Waals surface area contributed by atoms with E-state index in [-0.39, 0.29) is 17.4 Å². The molecule has 1 aromatic rings. The SMILES string of the molecule is CCCCCNC1CCC(CC(=O)C[C@H]2Cc3cccc(C(C)=O)c3OB2O)CC1. The van der Waals surface area contributed by atoms with Crippen molar-refractivity contribution in [3.05, 3.63) is 29.3 Å². The molecule has 164 valence electrons. The number of unbranched alkanes of at least 4 members (excludes halogenated alkanes) is 2. The van der Waals surface area contributed by atoms with Crippen LogP contribution in [0.2, 0.25) is 5.82 Å². The third-order valence-electron chi connectivity index (χ3n) is 6.67. The summed E-state index contributed by atoms with van der Waals surface area (Å²) in [6, 6.07) is 6.08. The van der Waals surface area contributed by atoms with Gasteiger partial charge in [0.1, 0.15) is 11.5 Å². The maximum Gasteiger partial charge on any atom is 0.526 e. The molecule has 3 rings (SSSR count). The Morgan fingerprint density at radius 2 is 1.93 bits per heavy atom. The molecule has 1 atom stereocenters. The van der Waals surface area contributed by atoms with E-state index < -0.39 is 7.12 Å². The van der Waals surface area contributed by atoms with E-state index >= 15 is 0 Å². The largest absolute Gasteiger partial charge is 0.535 e. The molecule has 0 spiro atoms. The van der Waals surface area contributed by atoms with Crippen LogP contribution in [0.25, 0.3) is 0 Å². The molecule has 1 fully saturated rings. The Morgan fingerprint density at radius 1 is 1.17 bits per heavy atom. The van der Waals surface area contributed by atoms with Gasteiger partial charge in [0.2, 0.25) is 0 Å². The zero-order valence-electron chi connectivity index (χ0n) is 18.5. The van der Waals surface area contributed by atoms with Gasteiger partial charge in [0.15, 0.2) is 5.78 Å². The van der Waals surface area contributed by atoms with Crippen LogP contribution in [0.4, 0.5) is 0 Å². The van der Waals surface area contributed by atoms with E-state index in [1.807, 2.05) is 12.1 Å². The number of benzene rings is 1. The van der Waals surface area contributed by atoms with Gasteiger partial charge in [-0.15, -0.1) is 0 Å². The fraction of sp³-hybridized carbons (Fsp3) is 0.667. The molecular weight excluding hydrogens is 377 g/mol. The third kappa shape index (κ3) is 6.18. The molecule has 30 heavy (non-hydrogen) atoms. The van der Waals surface area contributed by atoms with Crippen molar-refractivity contribution in [2.75, 3.05) is 6.54 Å². The summed E-state index contributed by atoms with van der Waals surface area (Å²) in [5.41, 5.74) is 1.40. The van der Waals surface area contributed by atoms with Crippen molar-refractivity contribution in [3.63, 3.8) is 0 Å². The molecular formula is C24H36BNO4. The van der Waals surface area contributed by atoms with E-state index in [1.54, 1.807) is 6.07 Å². The smallest absolute Gasteiger partial charge is 0.526 e. The Morgan fingerprint density at radius 3 is 2.63 bits per heavy atom. The standard InChI is InChI=1S/C24H36BNO4/c1-3-4-5-13-26-21-11-9-18(10-12-21)14-22(28)16-20-15-19-7-6-8-23(17(2)27)24(19)30-25(20)29/h6-8,18,20-21,26,29H,3-5,9-16H2,1-2H3/t18?,20-,21?/m1/s1. The van der Waals surface area contributed by atoms with E-state index in [4.69, 9.17) is 4.65 Å². The van der Waals surface area contributed by atoms with E-state index in [0.29, 0.717) is 42.5 Å². The van der Waals surface area contributed by atoms with Crippen molar-refractivity contribution in [1.82, 2.24) is 5.32 Å². The number of ketones is 2. The van der Waals surface area contributed by atoms with Crippen LogP contribution >= 0.6 is 0 Å². The molecule has 1 aromatic carbocycles. The zero-order valence-corrected chi connectivity index (χ0v) is 18.5. The average Bonchev–Trinajstić information content (AvgIpc) is 2.72. The molecule has 2 aliphatic rings. The van der Waals surface area contributed by atoms with E-state index in [9.17, 15) is 14.6 Å². The fourth-order valence-electron chi connectivity index (χ4n) is 4.88. The van der Waals surface area contributed by atoms with Gasteiger partial charge in [-0.05, 0) is 69.5 Å². The van der Waals surface area contributed by atoms with Gasteiger partial charge in [-0.2, -0.15) is 0 Å². The lowest BCUT2D eigenvalue weighted by Gasteiger charge is -2.30. The second-order valence-corrected chi connectivity index (χ2v) is 9.15. The molecule has 0 amide bonds. The predicted octanol–water partition coefficient (Wildman–Crippen LogP) is 4.36. The van der Waals surface area contributed by atoms with Gasteiger partial charge in [-0.1, -0.05) is 31.9 Å². The lowest BCUT2D eigenvalue weighted by atomic mass is 9.64. The molecule has 1 aliphatic carbocycles. The minimum absolute atomic E-state index is 0.0796. The topological polar surface area (TPSA) is 75.6 Å². The minimum Gasteiger partial charge on any atom is -0.535 e. The number of hydrogen-bond donors (Lipinski definition) is 2. The Hall–Kier alpha value is -1.66. The van der Waals surface area contributed by atoms with Crippen LogP contribution in [0.15, 0.2) is 18.2 Å². The first-order valence-corrected chi connectivity index (χ1v) is 11.7. The van der Waals surface area contributed by atoms with Crippen molar-refractivity contribution < 1.29 is 19.3 Å². The number of hydrogen-bond acceptors (Lipinski definition) is 5. The highest BCUT2D eigenvalue weighted by Gasteiger charge is 2.37. The van der Waals surface area contributed by atoms with Crippen LogP contribution in [0.1, 0.15) is 87.6 Å². The van der Waals surface area contributed by atoms with Crippen molar-refractivity contribution >= 4 is 18.7 Å². The first-order chi connectivity index (χ1) is 14.5. The quantitative estimate of drug-likeness (QED) is 0.339. The molecule has 0 bridgehead atoms. The minimum atomic E-state index is -1.04. The molecule has 0 unspecified atom stereocenters. The number of carbonyl (C=O) groups excluding carboxylic acids is 2. The van der Waals surface area contributed by atoms with Crippen LogP contribution < -0.4 is 9.97 Å². The predicted molar refractivity (Wildman–Crippen MR) is 120 cm³/mol. The zero-order chi connectivity index (χ0) is 21.5. The van der Waals surface area contributed by atoms with Crippen LogP contribution in [0.3, 0.4) is 0 Å². The van der Waals surface area contributed by atoms with Gasteiger partial charge in [0.05, 0.1) is 5.56 Å². The Labute approximate surface area is 181 Å². The molecule has 0 radical (unpaired) electrons. The van der Waals surface area contributed by atoms with Gasteiger partial charge < -0.3 is 15.0 Å². The molecule has 1 saturated carbocycles. The Bertz CT molecular complexity index is 730. The highest BCUT2D eigenvalue weighted by atomic mass is 16.5. The van der Waals surface area contributed by atoms with E-state index in [1.165, 1.54) is 26.2 Å².